The normalized spacial score (nSPS) is 14.1. The molecule has 2 amide bonds. The summed E-state index contributed by atoms with van der Waals surface area (Å²) >= 11 is 24.5. The van der Waals surface area contributed by atoms with E-state index in [-0.39, 0.29) is 33.1 Å². The highest BCUT2D eigenvalue weighted by Gasteiger charge is 2.44. The molecule has 0 fully saturated rings. The minimum absolute atomic E-state index is 0.0276. The first-order valence-electron chi connectivity index (χ1n) is 10.0. The molecule has 190 valence electrons. The zero-order valence-corrected chi connectivity index (χ0v) is 21.3. The van der Waals surface area contributed by atoms with E-state index in [9.17, 15) is 27.9 Å². The molecular weight excluding hydrogens is 551 g/mol. The maximum Gasteiger partial charge on any atom is 0.405 e. The quantitative estimate of drug-likeness (QED) is 0.305. The molecule has 0 aliphatic carbocycles. The number of likely N-dealkylation sites (N-methyl/N-ethyl adjacent to an activating group) is 1. The number of alkyl halides is 3. The zero-order valence-electron chi connectivity index (χ0n) is 18.3. The molecule has 12 heteroatoms. The lowest BCUT2D eigenvalue weighted by atomic mass is 9.68. The second-order valence-electron chi connectivity index (χ2n) is 7.88. The Balaban J connectivity index is 2.79. The predicted molar refractivity (Wildman–Crippen MR) is 132 cm³/mol. The maximum absolute atomic E-state index is 12.9. The van der Waals surface area contributed by atoms with Crippen molar-refractivity contribution in [1.29, 1.82) is 0 Å². The Kier molecular flexibility index (Phi) is 9.76. The summed E-state index contributed by atoms with van der Waals surface area (Å²) in [7, 11) is 1.20. The van der Waals surface area contributed by atoms with E-state index in [1.54, 1.807) is 6.07 Å². The Morgan fingerprint density at radius 1 is 1.06 bits per heavy atom. The third kappa shape index (κ3) is 7.43. The van der Waals surface area contributed by atoms with Gasteiger partial charge in [-0.15, -0.1) is 6.58 Å². The fourth-order valence-electron chi connectivity index (χ4n) is 3.89. The van der Waals surface area contributed by atoms with Crippen molar-refractivity contribution in [2.75, 3.05) is 13.6 Å². The molecular formula is C23H21Cl4F3N2O3. The number of hydrogen-bond acceptors (Lipinski definition) is 2. The summed E-state index contributed by atoms with van der Waals surface area (Å²) in [4.78, 5) is 25.2. The summed E-state index contributed by atoms with van der Waals surface area (Å²) < 4.78 is 38.8. The molecule has 0 aliphatic heterocycles. The van der Waals surface area contributed by atoms with Gasteiger partial charge in [0.15, 0.2) is 0 Å². The molecule has 2 atom stereocenters. The molecule has 0 heterocycles. The van der Waals surface area contributed by atoms with Gasteiger partial charge in [0.1, 0.15) is 6.42 Å². The zero-order chi connectivity index (χ0) is 26.6. The first kappa shape index (κ1) is 29.1. The fourth-order valence-corrected chi connectivity index (χ4v) is 4.49. The molecule has 2 N–H and O–H groups in total. The van der Waals surface area contributed by atoms with Crippen LogP contribution in [0.25, 0.3) is 0 Å². The summed E-state index contributed by atoms with van der Waals surface area (Å²) in [5.41, 5.74) is -0.615. The van der Waals surface area contributed by atoms with Gasteiger partial charge in [0, 0.05) is 19.0 Å². The van der Waals surface area contributed by atoms with Crippen LogP contribution in [0.5, 0.6) is 0 Å². The summed E-state index contributed by atoms with van der Waals surface area (Å²) in [6.07, 6.45) is -6.32. The number of nitrogens with zero attached hydrogens (tertiary/aromatic N) is 1. The Morgan fingerprint density at radius 2 is 1.63 bits per heavy atom. The average molecular weight is 572 g/mol. The van der Waals surface area contributed by atoms with Crippen molar-refractivity contribution >= 4 is 58.4 Å². The summed E-state index contributed by atoms with van der Waals surface area (Å²) in [5.74, 6) is -1.20. The van der Waals surface area contributed by atoms with Crippen molar-refractivity contribution in [3.8, 4) is 0 Å². The molecule has 2 aromatic carbocycles. The number of hydrogen-bond donors (Lipinski definition) is 2. The molecule has 0 aliphatic rings. The van der Waals surface area contributed by atoms with Crippen molar-refractivity contribution in [1.82, 2.24) is 10.2 Å². The molecule has 2 rings (SSSR count). The molecule has 0 saturated carbocycles. The molecule has 35 heavy (non-hydrogen) atoms. The van der Waals surface area contributed by atoms with Crippen LogP contribution in [0, 0.1) is 0 Å². The molecule has 2 aromatic rings. The van der Waals surface area contributed by atoms with Crippen LogP contribution in [0.3, 0.4) is 0 Å². The molecule has 5 nitrogen and oxygen atoms in total. The van der Waals surface area contributed by atoms with Gasteiger partial charge in [-0.05, 0) is 41.8 Å². The van der Waals surface area contributed by atoms with Gasteiger partial charge >= 0.3 is 12.3 Å². The summed E-state index contributed by atoms with van der Waals surface area (Å²) in [6.45, 7) is 3.41. The minimum atomic E-state index is -4.72. The highest BCUT2D eigenvalue weighted by atomic mass is 35.5. The Morgan fingerprint density at radius 3 is 2.11 bits per heavy atom. The molecule has 0 bridgehead atoms. The van der Waals surface area contributed by atoms with E-state index in [1.807, 2.05) is 0 Å². The number of benzene rings is 2. The van der Waals surface area contributed by atoms with E-state index in [1.165, 1.54) is 43.5 Å². The first-order valence-corrected chi connectivity index (χ1v) is 11.5. The first-order chi connectivity index (χ1) is 16.2. The lowest BCUT2D eigenvalue weighted by molar-refractivity contribution is -0.161. The van der Waals surface area contributed by atoms with Crippen molar-refractivity contribution < 1.29 is 27.9 Å². The van der Waals surface area contributed by atoms with Crippen LogP contribution in [0.4, 0.5) is 18.0 Å². The summed E-state index contributed by atoms with van der Waals surface area (Å²) in [5, 5.41) is 12.8. The van der Waals surface area contributed by atoms with Crippen molar-refractivity contribution in [2.45, 2.75) is 30.5 Å². The van der Waals surface area contributed by atoms with Crippen LogP contribution in [0.1, 0.15) is 30.0 Å². The number of carboxylic acid groups (broad SMARTS) is 1. The van der Waals surface area contributed by atoms with E-state index in [2.05, 4.69) is 11.9 Å². The maximum atomic E-state index is 12.9. The van der Waals surface area contributed by atoms with Gasteiger partial charge in [-0.1, -0.05) is 64.6 Å². The standard InChI is InChI=1S/C23H21Cl4F3N2O3/c1-3-8-22(14-5-7-16(25)18(27)10-14,12-32(2)19(33)11-23(28,29)30)20(31-21(34)35)13-4-6-15(24)17(26)9-13/h3-7,9-10,20,31H,1,8,11-12H2,2H3,(H,34,35)/t20?,22-/m1/s1. The van der Waals surface area contributed by atoms with Crippen molar-refractivity contribution in [2.24, 2.45) is 0 Å². The van der Waals surface area contributed by atoms with Gasteiger partial charge in [0.05, 0.1) is 26.1 Å². The third-order valence-corrected chi connectivity index (χ3v) is 6.88. The van der Waals surface area contributed by atoms with Gasteiger partial charge in [-0.2, -0.15) is 13.2 Å². The minimum Gasteiger partial charge on any atom is -0.465 e. The van der Waals surface area contributed by atoms with Gasteiger partial charge in [-0.3, -0.25) is 4.79 Å². The molecule has 0 radical (unpaired) electrons. The predicted octanol–water partition coefficient (Wildman–Crippen LogP) is 7.53. The van der Waals surface area contributed by atoms with Crippen LogP contribution >= 0.6 is 46.4 Å². The number of amides is 2. The Labute approximate surface area is 220 Å². The van der Waals surface area contributed by atoms with Gasteiger partial charge in [0.2, 0.25) is 5.91 Å². The number of rotatable bonds is 9. The molecule has 0 spiro atoms. The van der Waals surface area contributed by atoms with Crippen LogP contribution in [0.15, 0.2) is 49.1 Å². The van der Waals surface area contributed by atoms with E-state index >= 15 is 0 Å². The van der Waals surface area contributed by atoms with E-state index in [0.29, 0.717) is 11.1 Å². The van der Waals surface area contributed by atoms with E-state index in [0.717, 1.165) is 4.90 Å². The monoisotopic (exact) mass is 570 g/mol. The average Bonchev–Trinajstić information content (AvgIpc) is 2.74. The van der Waals surface area contributed by atoms with Crippen LogP contribution in [-0.2, 0) is 10.2 Å². The number of halogens is 7. The van der Waals surface area contributed by atoms with Crippen LogP contribution in [0.2, 0.25) is 20.1 Å². The highest BCUT2D eigenvalue weighted by Crippen LogP contribution is 2.44. The van der Waals surface area contributed by atoms with Gasteiger partial charge < -0.3 is 15.3 Å². The Hall–Kier alpha value is -2.13. The van der Waals surface area contributed by atoms with Crippen molar-refractivity contribution in [3.05, 3.63) is 80.3 Å². The second kappa shape index (κ2) is 11.7. The van der Waals surface area contributed by atoms with E-state index in [4.69, 9.17) is 46.4 Å². The lowest BCUT2D eigenvalue weighted by Gasteiger charge is -2.43. The number of allylic oxidation sites excluding steroid dienone is 1. The smallest absolute Gasteiger partial charge is 0.405 e. The fraction of sp³-hybridized carbons (Fsp3) is 0.304. The summed E-state index contributed by atoms with van der Waals surface area (Å²) in [6, 6.07) is 7.82. The van der Waals surface area contributed by atoms with Crippen LogP contribution in [-0.4, -0.2) is 41.8 Å². The SMILES string of the molecule is C=CC[C@@](CN(C)C(=O)CC(F)(F)F)(c1ccc(Cl)c(Cl)c1)C(NC(=O)O)c1ccc(Cl)c(Cl)c1. The number of carbonyl (C=O) groups excluding carboxylic acids is 1. The van der Waals surface area contributed by atoms with E-state index < -0.39 is 36.1 Å². The van der Waals surface area contributed by atoms with Gasteiger partial charge in [-0.25, -0.2) is 4.79 Å². The second-order valence-corrected chi connectivity index (χ2v) is 9.50. The molecule has 0 saturated heterocycles. The van der Waals surface area contributed by atoms with Crippen molar-refractivity contribution in [3.63, 3.8) is 0 Å². The highest BCUT2D eigenvalue weighted by molar-refractivity contribution is 6.42. The number of carbonyl (C=O) groups is 2. The molecule has 1 unspecified atom stereocenters. The van der Waals surface area contributed by atoms with Crippen LogP contribution < -0.4 is 5.32 Å². The number of nitrogens with one attached hydrogen (secondary N) is 1. The van der Waals surface area contributed by atoms with Gasteiger partial charge in [0.25, 0.3) is 0 Å². The lowest BCUT2D eigenvalue weighted by Crippen LogP contribution is -2.51. The largest absolute Gasteiger partial charge is 0.465 e. The Bertz CT molecular complexity index is 1110. The topological polar surface area (TPSA) is 69.6 Å². The molecule has 0 aromatic heterocycles. The third-order valence-electron chi connectivity index (χ3n) is 5.40.